The maximum atomic E-state index is 2.79. The van der Waals surface area contributed by atoms with Crippen LogP contribution in [0.2, 0.25) is 0 Å². The third-order valence-electron chi connectivity index (χ3n) is 14.4. The van der Waals surface area contributed by atoms with Crippen molar-refractivity contribution >= 4 is 23.6 Å². The van der Waals surface area contributed by atoms with Crippen LogP contribution in [0.1, 0.15) is 250 Å². The predicted molar refractivity (Wildman–Crippen MR) is 291 cm³/mol. The van der Waals surface area contributed by atoms with Gasteiger partial charge in [-0.1, -0.05) is 256 Å². The average molecular weight is 885 g/mol. The number of rotatable bonds is 34. The lowest BCUT2D eigenvalue weighted by atomic mass is 9.85. The van der Waals surface area contributed by atoms with Crippen LogP contribution in [0.4, 0.5) is 0 Å². The Morgan fingerprint density at radius 2 is 0.578 bits per heavy atom. The molecule has 0 aromatic heterocycles. The van der Waals surface area contributed by atoms with Gasteiger partial charge in [0.1, 0.15) is 0 Å². The molecular weight excluding hydrogens is 785 g/mol. The van der Waals surface area contributed by atoms with Crippen molar-refractivity contribution in [2.24, 2.45) is 5.41 Å². The highest BCUT2D eigenvalue weighted by atomic mass is 28.3. The molecule has 0 spiro atoms. The van der Waals surface area contributed by atoms with Gasteiger partial charge in [-0.2, -0.15) is 0 Å². The molecular formula is C63H99Si. The molecule has 355 valence electrons. The predicted octanol–water partition coefficient (Wildman–Crippen LogP) is 17.5. The van der Waals surface area contributed by atoms with Gasteiger partial charge in [0, 0.05) is 5.54 Å². The van der Waals surface area contributed by atoms with Gasteiger partial charge in [-0.3, -0.25) is 0 Å². The topological polar surface area (TPSA) is 0 Å². The fourth-order valence-electron chi connectivity index (χ4n) is 10.7. The van der Waals surface area contributed by atoms with Gasteiger partial charge in [-0.05, 0) is 131 Å². The van der Waals surface area contributed by atoms with E-state index < -0.39 is 8.07 Å². The normalized spacial score (nSPS) is 13.4. The van der Waals surface area contributed by atoms with E-state index in [0.29, 0.717) is 0 Å². The maximum absolute atomic E-state index is 2.92. The Morgan fingerprint density at radius 3 is 0.797 bits per heavy atom. The monoisotopic (exact) mass is 884 g/mol. The number of benzene rings is 3. The fraction of sp³-hybridized carbons (Fsp3) is 0.635. The van der Waals surface area contributed by atoms with E-state index in [1.165, 1.54) is 193 Å². The number of allylic oxidation sites excluding steroid dienone is 4. The van der Waals surface area contributed by atoms with Crippen molar-refractivity contribution in [2.75, 3.05) is 0 Å². The third kappa shape index (κ3) is 16.9. The molecule has 0 nitrogen and oxygen atoms in total. The zero-order chi connectivity index (χ0) is 46.0. The lowest BCUT2D eigenvalue weighted by Crippen LogP contribution is -2.71. The number of hydrogen-bond acceptors (Lipinski definition) is 0. The van der Waals surface area contributed by atoms with Crippen LogP contribution in [-0.4, -0.2) is 8.07 Å². The highest BCUT2D eigenvalue weighted by Crippen LogP contribution is 2.42. The van der Waals surface area contributed by atoms with E-state index in [9.17, 15) is 0 Å². The van der Waals surface area contributed by atoms with Crippen molar-refractivity contribution in [1.29, 1.82) is 0 Å². The van der Waals surface area contributed by atoms with Crippen LogP contribution in [0.25, 0.3) is 0 Å². The Kier molecular flexibility index (Phi) is 25.2. The van der Waals surface area contributed by atoms with Gasteiger partial charge in [0.25, 0.3) is 0 Å². The van der Waals surface area contributed by atoms with Crippen LogP contribution in [0.5, 0.6) is 0 Å². The second-order valence-corrected chi connectivity index (χ2v) is 25.1. The Hall–Kier alpha value is -2.64. The lowest BCUT2D eigenvalue weighted by molar-refractivity contribution is 0.509. The molecule has 1 radical (unpaired) electrons. The minimum atomic E-state index is -2.92. The van der Waals surface area contributed by atoms with E-state index in [2.05, 4.69) is 135 Å². The molecule has 1 aliphatic carbocycles. The molecule has 1 heteroatoms. The fourth-order valence-corrected chi connectivity index (χ4v) is 16.3. The van der Waals surface area contributed by atoms with Crippen LogP contribution >= 0.6 is 0 Å². The molecule has 3 aromatic rings. The molecule has 64 heavy (non-hydrogen) atoms. The molecule has 0 saturated carbocycles. The summed E-state index contributed by atoms with van der Waals surface area (Å²) < 4.78 is 0. The summed E-state index contributed by atoms with van der Waals surface area (Å²) in [4.78, 5) is 0. The van der Waals surface area contributed by atoms with Gasteiger partial charge in [-0.25, -0.2) is 0 Å². The number of aryl methyl sites for hydroxylation is 6. The van der Waals surface area contributed by atoms with E-state index in [1.807, 2.05) is 0 Å². The SMILES string of the molecule is CCCCCCc1cc(CCCCCC)cc([Si]([C]2C=CC=C2C(C)(C)C)(c2cc(CCCCCC)cc(CCCCCC)c2)c2cc(CCCCCC)cc(CCCCCC)c2)c1. The molecule has 4 rings (SSSR count). The highest BCUT2D eigenvalue weighted by molar-refractivity contribution is 7.16. The molecule has 0 aliphatic heterocycles. The lowest BCUT2D eigenvalue weighted by Gasteiger charge is -2.43. The van der Waals surface area contributed by atoms with Crippen molar-refractivity contribution in [3.05, 3.63) is 117 Å². The Balaban J connectivity index is 2.17. The summed E-state index contributed by atoms with van der Waals surface area (Å²) in [6.07, 6.45) is 46.2. The minimum absolute atomic E-state index is 0.0271. The van der Waals surface area contributed by atoms with Gasteiger partial charge in [-0.15, -0.1) is 0 Å². The van der Waals surface area contributed by atoms with Gasteiger partial charge in [0.05, 0.1) is 0 Å². The first kappa shape index (κ1) is 54.0. The van der Waals surface area contributed by atoms with Crippen molar-refractivity contribution in [3.8, 4) is 0 Å². The molecule has 3 aromatic carbocycles. The zero-order valence-corrected chi connectivity index (χ0v) is 44.6. The van der Waals surface area contributed by atoms with Gasteiger partial charge in [0.15, 0.2) is 8.07 Å². The molecule has 0 heterocycles. The van der Waals surface area contributed by atoms with Crippen LogP contribution in [0.3, 0.4) is 0 Å². The van der Waals surface area contributed by atoms with Gasteiger partial charge in [0.2, 0.25) is 0 Å². The third-order valence-corrected chi connectivity index (χ3v) is 19.1. The largest absolute Gasteiger partial charge is 0.163 e. The second-order valence-electron chi connectivity index (χ2n) is 21.3. The Bertz CT molecular complexity index is 1530. The quantitative estimate of drug-likeness (QED) is 0.0318. The summed E-state index contributed by atoms with van der Waals surface area (Å²) in [6, 6.07) is 24.7. The number of hydrogen-bond donors (Lipinski definition) is 0. The standard InChI is InChI=1S/C63H99Si/c1-10-16-22-28-35-52-43-53(36-29-23-17-11-2)47-58(46-52)64(62-42-34-41-61(62)63(7,8)9,59-48-54(37-30-24-18-12-3)44-55(49-59)38-31-25-19-13-4)60-50-56(39-32-26-20-14-5)45-57(51-60)40-33-27-21-15-6/h34,41-51H,10-33,35-40H2,1-9H3. The molecule has 0 N–H and O–H groups in total. The van der Waals surface area contributed by atoms with Crippen LogP contribution in [0, 0.1) is 11.0 Å². The second kappa shape index (κ2) is 29.9. The van der Waals surface area contributed by atoms with E-state index in [0.717, 1.165) is 0 Å². The summed E-state index contributed by atoms with van der Waals surface area (Å²) in [5.74, 6) is 0. The number of unbranched alkanes of at least 4 members (excludes halogenated alkanes) is 18. The first-order chi connectivity index (χ1) is 31.1. The molecule has 1 aliphatic rings. The molecule has 0 atom stereocenters. The van der Waals surface area contributed by atoms with Crippen LogP contribution in [-0.2, 0) is 38.5 Å². The van der Waals surface area contributed by atoms with E-state index in [4.69, 9.17) is 0 Å². The summed E-state index contributed by atoms with van der Waals surface area (Å²) in [6.45, 7) is 21.6. The molecule has 0 bridgehead atoms. The van der Waals surface area contributed by atoms with E-state index >= 15 is 0 Å². The van der Waals surface area contributed by atoms with Crippen molar-refractivity contribution in [1.82, 2.24) is 0 Å². The molecule has 0 saturated heterocycles. The average Bonchev–Trinajstić information content (AvgIpc) is 3.79. The van der Waals surface area contributed by atoms with Crippen molar-refractivity contribution in [2.45, 2.75) is 255 Å². The van der Waals surface area contributed by atoms with Gasteiger partial charge < -0.3 is 0 Å². The van der Waals surface area contributed by atoms with Crippen LogP contribution in [0.15, 0.2) is 78.4 Å². The first-order valence-corrected chi connectivity index (χ1v) is 29.8. The van der Waals surface area contributed by atoms with Crippen molar-refractivity contribution < 1.29 is 0 Å². The first-order valence-electron chi connectivity index (χ1n) is 27.8. The van der Waals surface area contributed by atoms with E-state index in [1.54, 1.807) is 60.1 Å². The molecule has 0 unspecified atom stereocenters. The molecule has 0 fully saturated rings. The smallest absolute Gasteiger partial charge is 0.0750 e. The summed E-state index contributed by atoms with van der Waals surface area (Å²) in [5, 5.41) is 4.97. The summed E-state index contributed by atoms with van der Waals surface area (Å²) in [5.41, 5.74) is 12.8. The Morgan fingerprint density at radius 1 is 0.328 bits per heavy atom. The molecule has 0 amide bonds. The summed E-state index contributed by atoms with van der Waals surface area (Å²) >= 11 is 0. The van der Waals surface area contributed by atoms with E-state index in [-0.39, 0.29) is 5.41 Å². The highest BCUT2D eigenvalue weighted by Gasteiger charge is 2.50. The maximum Gasteiger partial charge on any atom is 0.163 e. The Labute approximate surface area is 399 Å². The zero-order valence-electron chi connectivity index (χ0n) is 43.6. The van der Waals surface area contributed by atoms with Crippen molar-refractivity contribution in [3.63, 3.8) is 0 Å². The van der Waals surface area contributed by atoms with Crippen LogP contribution < -0.4 is 15.6 Å². The minimum Gasteiger partial charge on any atom is -0.0750 e. The summed E-state index contributed by atoms with van der Waals surface area (Å²) in [7, 11) is -2.92. The van der Waals surface area contributed by atoms with Gasteiger partial charge >= 0.3 is 0 Å².